The molecule has 0 aliphatic heterocycles. The zero-order valence-electron chi connectivity index (χ0n) is 5.03. The van der Waals surface area contributed by atoms with Gasteiger partial charge >= 0.3 is 0 Å². The standard InChI is InChI=1S/C4H6ClN5/c5-3-1-2-4(8-6)10(7)9-3/h1-2H,6-7H2/b8-4-. The first-order valence-electron chi connectivity index (χ1n) is 2.49. The number of hydrogen-bond donors (Lipinski definition) is 2. The molecule has 0 radical (unpaired) electrons. The highest BCUT2D eigenvalue weighted by Gasteiger charge is 1.89. The number of aromatic nitrogens is 2. The summed E-state index contributed by atoms with van der Waals surface area (Å²) in [6.07, 6.45) is 0. The predicted molar refractivity (Wildman–Crippen MR) is 37.1 cm³/mol. The third-order valence-electron chi connectivity index (χ3n) is 0.940. The zero-order chi connectivity index (χ0) is 7.56. The van der Waals surface area contributed by atoms with Gasteiger partial charge in [-0.1, -0.05) is 11.6 Å². The molecule has 0 saturated carbocycles. The Morgan fingerprint density at radius 2 is 2.30 bits per heavy atom. The van der Waals surface area contributed by atoms with Gasteiger partial charge in [0, 0.05) is 0 Å². The Hall–Kier alpha value is -1.23. The summed E-state index contributed by atoms with van der Waals surface area (Å²) in [5, 5.41) is 7.26. The molecule has 0 bridgehead atoms. The van der Waals surface area contributed by atoms with E-state index in [0.717, 1.165) is 4.79 Å². The van der Waals surface area contributed by atoms with Gasteiger partial charge in [0.15, 0.2) is 10.6 Å². The molecule has 0 aliphatic rings. The monoisotopic (exact) mass is 159 g/mol. The van der Waals surface area contributed by atoms with E-state index in [4.69, 9.17) is 23.3 Å². The Kier molecular flexibility index (Phi) is 1.77. The molecule has 0 spiro atoms. The maximum absolute atomic E-state index is 5.48. The zero-order valence-corrected chi connectivity index (χ0v) is 5.78. The molecule has 10 heavy (non-hydrogen) atoms. The highest BCUT2D eigenvalue weighted by molar-refractivity contribution is 6.29. The van der Waals surface area contributed by atoms with E-state index < -0.39 is 0 Å². The summed E-state index contributed by atoms with van der Waals surface area (Å²) in [4.78, 5) is 1.00. The van der Waals surface area contributed by atoms with Crippen LogP contribution in [0.25, 0.3) is 0 Å². The lowest BCUT2D eigenvalue weighted by atomic mass is 10.6. The van der Waals surface area contributed by atoms with Crippen molar-refractivity contribution in [1.82, 2.24) is 9.89 Å². The van der Waals surface area contributed by atoms with Gasteiger partial charge in [0.2, 0.25) is 0 Å². The molecule has 0 aromatic carbocycles. The second kappa shape index (κ2) is 2.57. The van der Waals surface area contributed by atoms with Crippen LogP contribution in [0, 0.1) is 0 Å². The van der Waals surface area contributed by atoms with Gasteiger partial charge in [-0.2, -0.15) is 9.89 Å². The molecule has 1 aromatic rings. The molecule has 0 unspecified atom stereocenters. The first-order valence-corrected chi connectivity index (χ1v) is 2.86. The van der Waals surface area contributed by atoms with Gasteiger partial charge in [0.05, 0.1) is 0 Å². The molecule has 1 rings (SSSR count). The maximum atomic E-state index is 5.48. The van der Waals surface area contributed by atoms with Crippen molar-refractivity contribution in [2.45, 2.75) is 0 Å². The van der Waals surface area contributed by atoms with Crippen LogP contribution in [0.1, 0.15) is 0 Å². The predicted octanol–water partition coefficient (Wildman–Crippen LogP) is -0.975. The summed E-state index contributed by atoms with van der Waals surface area (Å²) in [6.45, 7) is 0. The molecule has 0 fully saturated rings. The Labute approximate surface area is 61.9 Å². The first-order chi connectivity index (χ1) is 4.74. The van der Waals surface area contributed by atoms with E-state index in [9.17, 15) is 0 Å². The van der Waals surface area contributed by atoms with Gasteiger partial charge in [-0.3, -0.25) is 0 Å². The van der Waals surface area contributed by atoms with Crippen molar-refractivity contribution in [3.05, 3.63) is 22.8 Å². The van der Waals surface area contributed by atoms with Crippen LogP contribution in [-0.4, -0.2) is 9.89 Å². The smallest absolute Gasteiger partial charge is 0.190 e. The molecule has 1 heterocycles. The van der Waals surface area contributed by atoms with Crippen LogP contribution >= 0.6 is 11.6 Å². The van der Waals surface area contributed by atoms with E-state index in [1.807, 2.05) is 0 Å². The number of rotatable bonds is 0. The van der Waals surface area contributed by atoms with Gasteiger partial charge in [-0.05, 0) is 12.1 Å². The van der Waals surface area contributed by atoms with Crippen molar-refractivity contribution in [3.63, 3.8) is 0 Å². The lowest BCUT2D eigenvalue weighted by Crippen LogP contribution is -2.31. The van der Waals surface area contributed by atoms with Crippen molar-refractivity contribution in [2.24, 2.45) is 10.9 Å². The summed E-state index contributed by atoms with van der Waals surface area (Å²) in [6, 6.07) is 3.12. The number of nitrogens with zero attached hydrogens (tertiary/aromatic N) is 3. The van der Waals surface area contributed by atoms with Crippen LogP contribution in [-0.2, 0) is 0 Å². The summed E-state index contributed by atoms with van der Waals surface area (Å²) in [5.74, 6) is 10.2. The van der Waals surface area contributed by atoms with Crippen molar-refractivity contribution in [3.8, 4) is 0 Å². The van der Waals surface area contributed by atoms with Crippen LogP contribution in [0.2, 0.25) is 5.15 Å². The number of nitrogen functional groups attached to an aromatic ring is 1. The first kappa shape index (κ1) is 6.88. The fraction of sp³-hybridized carbons (Fsp3) is 0. The molecule has 4 N–H and O–H groups in total. The third-order valence-corrected chi connectivity index (χ3v) is 1.14. The van der Waals surface area contributed by atoms with Crippen LogP contribution in [0.3, 0.4) is 0 Å². The molecular weight excluding hydrogens is 154 g/mol. The second-order valence-electron chi connectivity index (χ2n) is 1.59. The topological polar surface area (TPSA) is 82.2 Å². The van der Waals surface area contributed by atoms with Gasteiger partial charge in [0.1, 0.15) is 0 Å². The van der Waals surface area contributed by atoms with E-state index in [1.54, 1.807) is 12.1 Å². The minimum Gasteiger partial charge on any atom is -0.321 e. The fourth-order valence-electron chi connectivity index (χ4n) is 0.509. The molecule has 54 valence electrons. The Morgan fingerprint density at radius 3 is 2.80 bits per heavy atom. The molecule has 5 nitrogen and oxygen atoms in total. The Bertz CT molecular complexity index is 290. The number of hydrogen-bond acceptors (Lipinski definition) is 4. The van der Waals surface area contributed by atoms with Gasteiger partial charge in [-0.15, -0.1) is 5.10 Å². The number of halogens is 1. The van der Waals surface area contributed by atoms with E-state index in [0.29, 0.717) is 10.6 Å². The SMILES string of the molecule is N/N=c1/ccc(Cl)nn1N. The molecular formula is C4H6ClN5. The number of nitrogens with two attached hydrogens (primary N) is 2. The lowest BCUT2D eigenvalue weighted by Gasteiger charge is -1.95. The quantitative estimate of drug-likeness (QED) is 0.377. The van der Waals surface area contributed by atoms with Gasteiger partial charge in [-0.25, -0.2) is 0 Å². The van der Waals surface area contributed by atoms with Crippen LogP contribution in [0.5, 0.6) is 0 Å². The average Bonchev–Trinajstić information content (AvgIpc) is 1.88. The van der Waals surface area contributed by atoms with Crippen molar-refractivity contribution in [1.29, 1.82) is 0 Å². The van der Waals surface area contributed by atoms with Crippen LogP contribution < -0.4 is 17.2 Å². The lowest BCUT2D eigenvalue weighted by molar-refractivity contribution is 0.734. The molecule has 0 amide bonds. The average molecular weight is 160 g/mol. The highest BCUT2D eigenvalue weighted by atomic mass is 35.5. The highest BCUT2D eigenvalue weighted by Crippen LogP contribution is 1.95. The van der Waals surface area contributed by atoms with Crippen molar-refractivity contribution < 1.29 is 0 Å². The summed E-state index contributed by atoms with van der Waals surface area (Å²) in [7, 11) is 0. The largest absolute Gasteiger partial charge is 0.321 e. The summed E-state index contributed by atoms with van der Waals surface area (Å²) in [5.41, 5.74) is 0.365. The van der Waals surface area contributed by atoms with Crippen LogP contribution in [0.15, 0.2) is 17.2 Å². The normalized spacial score (nSPS) is 11.9. The summed E-state index contributed by atoms with van der Waals surface area (Å²) < 4.78 is 0. The summed E-state index contributed by atoms with van der Waals surface area (Å²) >= 11 is 5.48. The van der Waals surface area contributed by atoms with E-state index in [2.05, 4.69) is 10.2 Å². The van der Waals surface area contributed by atoms with Crippen molar-refractivity contribution in [2.75, 3.05) is 5.84 Å². The molecule has 6 heteroatoms. The van der Waals surface area contributed by atoms with E-state index >= 15 is 0 Å². The maximum Gasteiger partial charge on any atom is 0.190 e. The minimum atomic E-state index is 0.301. The van der Waals surface area contributed by atoms with Crippen molar-refractivity contribution >= 4 is 11.6 Å². The van der Waals surface area contributed by atoms with Gasteiger partial charge in [0.25, 0.3) is 0 Å². The molecule has 0 saturated heterocycles. The van der Waals surface area contributed by atoms with E-state index in [1.165, 1.54) is 0 Å². The minimum absolute atomic E-state index is 0.301. The fourth-order valence-corrected chi connectivity index (χ4v) is 0.654. The molecule has 1 aromatic heterocycles. The Morgan fingerprint density at radius 1 is 1.60 bits per heavy atom. The van der Waals surface area contributed by atoms with Crippen LogP contribution in [0.4, 0.5) is 0 Å². The third kappa shape index (κ3) is 1.19. The van der Waals surface area contributed by atoms with E-state index in [-0.39, 0.29) is 0 Å². The molecule has 0 aliphatic carbocycles. The van der Waals surface area contributed by atoms with Gasteiger partial charge < -0.3 is 11.7 Å². The molecule has 0 atom stereocenters. The second-order valence-corrected chi connectivity index (χ2v) is 1.98. The Balaban J connectivity index is 3.34.